The van der Waals surface area contributed by atoms with E-state index in [1.54, 1.807) is 7.11 Å². The SMILES string of the molecule is CCC(CC)CC(O)c1cc(Br)ccc1OC. The van der Waals surface area contributed by atoms with Crippen molar-refractivity contribution in [3.63, 3.8) is 0 Å². The van der Waals surface area contributed by atoms with E-state index >= 15 is 0 Å². The second kappa shape index (κ2) is 7.02. The lowest BCUT2D eigenvalue weighted by Gasteiger charge is -2.19. The zero-order valence-electron chi connectivity index (χ0n) is 10.7. The number of aliphatic hydroxyl groups excluding tert-OH is 1. The lowest BCUT2D eigenvalue weighted by Crippen LogP contribution is -2.07. The van der Waals surface area contributed by atoms with Gasteiger partial charge in [-0.15, -0.1) is 0 Å². The van der Waals surface area contributed by atoms with E-state index in [2.05, 4.69) is 29.8 Å². The largest absolute Gasteiger partial charge is 0.496 e. The summed E-state index contributed by atoms with van der Waals surface area (Å²) in [6, 6.07) is 5.74. The number of hydrogen-bond acceptors (Lipinski definition) is 2. The highest BCUT2D eigenvalue weighted by atomic mass is 79.9. The number of methoxy groups -OCH3 is 1. The van der Waals surface area contributed by atoms with Gasteiger partial charge in [-0.3, -0.25) is 0 Å². The van der Waals surface area contributed by atoms with Crippen molar-refractivity contribution < 1.29 is 9.84 Å². The first kappa shape index (κ1) is 14.5. The molecular weight excluding hydrogens is 280 g/mol. The maximum absolute atomic E-state index is 10.3. The molecule has 0 aliphatic rings. The Kier molecular flexibility index (Phi) is 6.00. The third-order valence-electron chi connectivity index (χ3n) is 3.26. The molecule has 1 aromatic rings. The van der Waals surface area contributed by atoms with Crippen molar-refractivity contribution in [2.45, 2.75) is 39.2 Å². The fraction of sp³-hybridized carbons (Fsp3) is 0.571. The Morgan fingerprint density at radius 2 is 1.94 bits per heavy atom. The molecule has 1 atom stereocenters. The Labute approximate surface area is 112 Å². The van der Waals surface area contributed by atoms with E-state index in [9.17, 15) is 5.11 Å². The number of rotatable bonds is 6. The molecule has 0 saturated carbocycles. The van der Waals surface area contributed by atoms with Gasteiger partial charge in [-0.05, 0) is 30.5 Å². The van der Waals surface area contributed by atoms with Gasteiger partial charge in [0.1, 0.15) is 5.75 Å². The van der Waals surface area contributed by atoms with Gasteiger partial charge in [0.05, 0.1) is 13.2 Å². The van der Waals surface area contributed by atoms with Crippen LogP contribution < -0.4 is 4.74 Å². The Morgan fingerprint density at radius 1 is 1.29 bits per heavy atom. The zero-order chi connectivity index (χ0) is 12.8. The number of halogens is 1. The van der Waals surface area contributed by atoms with Crippen LogP contribution in [0.4, 0.5) is 0 Å². The zero-order valence-corrected chi connectivity index (χ0v) is 12.3. The molecule has 0 amide bonds. The molecule has 2 nitrogen and oxygen atoms in total. The van der Waals surface area contributed by atoms with Crippen molar-refractivity contribution in [3.05, 3.63) is 28.2 Å². The first-order valence-corrected chi connectivity index (χ1v) is 6.93. The highest BCUT2D eigenvalue weighted by Gasteiger charge is 2.17. The Morgan fingerprint density at radius 3 is 2.47 bits per heavy atom. The van der Waals surface area contributed by atoms with Crippen LogP contribution in [0.1, 0.15) is 44.8 Å². The summed E-state index contributed by atoms with van der Waals surface area (Å²) < 4.78 is 6.26. The van der Waals surface area contributed by atoms with Gasteiger partial charge >= 0.3 is 0 Å². The second-order valence-electron chi connectivity index (χ2n) is 4.32. The van der Waals surface area contributed by atoms with Gasteiger partial charge in [0.2, 0.25) is 0 Å². The van der Waals surface area contributed by atoms with Gasteiger partial charge in [0.15, 0.2) is 0 Å². The minimum Gasteiger partial charge on any atom is -0.496 e. The van der Waals surface area contributed by atoms with Crippen LogP contribution in [0.5, 0.6) is 5.75 Å². The molecule has 0 aliphatic carbocycles. The molecular formula is C14H21BrO2. The minimum atomic E-state index is -0.452. The smallest absolute Gasteiger partial charge is 0.124 e. The summed E-state index contributed by atoms with van der Waals surface area (Å²) in [4.78, 5) is 0. The summed E-state index contributed by atoms with van der Waals surface area (Å²) in [7, 11) is 1.64. The van der Waals surface area contributed by atoms with Crippen LogP contribution in [0.25, 0.3) is 0 Å². The summed E-state index contributed by atoms with van der Waals surface area (Å²) >= 11 is 3.43. The molecule has 17 heavy (non-hydrogen) atoms. The van der Waals surface area contributed by atoms with Crippen LogP contribution in [0.2, 0.25) is 0 Å². The average Bonchev–Trinajstić information content (AvgIpc) is 2.35. The molecule has 96 valence electrons. The van der Waals surface area contributed by atoms with Crippen molar-refractivity contribution >= 4 is 15.9 Å². The van der Waals surface area contributed by atoms with Crippen LogP contribution in [0, 0.1) is 5.92 Å². The molecule has 0 heterocycles. The fourth-order valence-corrected chi connectivity index (χ4v) is 2.41. The maximum Gasteiger partial charge on any atom is 0.124 e. The maximum atomic E-state index is 10.3. The van der Waals surface area contributed by atoms with Crippen LogP contribution in [-0.4, -0.2) is 12.2 Å². The van der Waals surface area contributed by atoms with E-state index < -0.39 is 6.10 Å². The number of ether oxygens (including phenoxy) is 1. The molecule has 3 heteroatoms. The van der Waals surface area contributed by atoms with Crippen LogP contribution in [0.3, 0.4) is 0 Å². The van der Waals surface area contributed by atoms with Crippen molar-refractivity contribution in [2.24, 2.45) is 5.92 Å². The van der Waals surface area contributed by atoms with Gasteiger partial charge in [0.25, 0.3) is 0 Å². The van der Waals surface area contributed by atoms with Crippen molar-refractivity contribution in [2.75, 3.05) is 7.11 Å². The Hall–Kier alpha value is -0.540. The van der Waals surface area contributed by atoms with Gasteiger partial charge in [-0.25, -0.2) is 0 Å². The quantitative estimate of drug-likeness (QED) is 0.848. The Balaban J connectivity index is 2.86. The predicted octanol–water partition coefficient (Wildman–Crippen LogP) is 4.32. The lowest BCUT2D eigenvalue weighted by atomic mass is 9.92. The third-order valence-corrected chi connectivity index (χ3v) is 3.76. The molecule has 1 rings (SSSR count). The van der Waals surface area contributed by atoms with E-state index in [4.69, 9.17) is 4.74 Å². The summed E-state index contributed by atoms with van der Waals surface area (Å²) in [6.45, 7) is 4.33. The van der Waals surface area contributed by atoms with Crippen LogP contribution in [0.15, 0.2) is 22.7 Å². The van der Waals surface area contributed by atoms with Gasteiger partial charge in [-0.2, -0.15) is 0 Å². The number of hydrogen-bond donors (Lipinski definition) is 1. The summed E-state index contributed by atoms with van der Waals surface area (Å²) in [5.41, 5.74) is 0.869. The molecule has 0 fully saturated rings. The van der Waals surface area contributed by atoms with Crippen molar-refractivity contribution in [1.82, 2.24) is 0 Å². The summed E-state index contributed by atoms with van der Waals surface area (Å²) in [5, 5.41) is 10.3. The predicted molar refractivity (Wildman–Crippen MR) is 74.3 cm³/mol. The molecule has 1 aromatic carbocycles. The molecule has 0 aliphatic heterocycles. The first-order valence-electron chi connectivity index (χ1n) is 6.13. The van der Waals surface area contributed by atoms with Crippen molar-refractivity contribution in [3.8, 4) is 5.75 Å². The molecule has 0 saturated heterocycles. The van der Waals surface area contributed by atoms with E-state index in [-0.39, 0.29) is 0 Å². The van der Waals surface area contributed by atoms with Crippen LogP contribution in [-0.2, 0) is 0 Å². The molecule has 0 aromatic heterocycles. The number of aliphatic hydroxyl groups is 1. The van der Waals surface area contributed by atoms with E-state index in [0.29, 0.717) is 5.92 Å². The topological polar surface area (TPSA) is 29.5 Å². The molecule has 0 bridgehead atoms. The monoisotopic (exact) mass is 300 g/mol. The highest BCUT2D eigenvalue weighted by molar-refractivity contribution is 9.10. The third kappa shape index (κ3) is 4.00. The van der Waals surface area contributed by atoms with Gasteiger partial charge in [0, 0.05) is 10.0 Å². The number of benzene rings is 1. The highest BCUT2D eigenvalue weighted by Crippen LogP contribution is 2.33. The fourth-order valence-electron chi connectivity index (χ4n) is 2.03. The minimum absolute atomic E-state index is 0.452. The summed E-state index contributed by atoms with van der Waals surface area (Å²) in [5.74, 6) is 1.32. The average molecular weight is 301 g/mol. The molecule has 0 radical (unpaired) electrons. The normalized spacial score (nSPS) is 12.8. The second-order valence-corrected chi connectivity index (χ2v) is 5.24. The van der Waals surface area contributed by atoms with Gasteiger partial charge < -0.3 is 9.84 Å². The molecule has 0 spiro atoms. The van der Waals surface area contributed by atoms with E-state index in [0.717, 1.165) is 35.0 Å². The molecule has 1 N–H and O–H groups in total. The van der Waals surface area contributed by atoms with Crippen LogP contribution >= 0.6 is 15.9 Å². The van der Waals surface area contributed by atoms with E-state index in [1.807, 2.05) is 18.2 Å². The van der Waals surface area contributed by atoms with Crippen molar-refractivity contribution in [1.29, 1.82) is 0 Å². The van der Waals surface area contributed by atoms with E-state index in [1.165, 1.54) is 0 Å². The standard InChI is InChI=1S/C14H21BrO2/c1-4-10(5-2)8-13(16)12-9-11(15)6-7-14(12)17-3/h6-7,9-10,13,16H,4-5,8H2,1-3H3. The Bertz CT molecular complexity index is 348. The lowest BCUT2D eigenvalue weighted by molar-refractivity contribution is 0.138. The van der Waals surface area contributed by atoms with Gasteiger partial charge in [-0.1, -0.05) is 42.6 Å². The first-order chi connectivity index (χ1) is 8.12. The summed E-state index contributed by atoms with van der Waals surface area (Å²) in [6.07, 6.45) is 2.54. The molecule has 1 unspecified atom stereocenters.